The highest BCUT2D eigenvalue weighted by Gasteiger charge is 2.06. The topological polar surface area (TPSA) is 72.9 Å². The van der Waals surface area contributed by atoms with Crippen molar-refractivity contribution in [1.29, 1.82) is 0 Å². The Morgan fingerprint density at radius 2 is 2.10 bits per heavy atom. The van der Waals surface area contributed by atoms with Crippen molar-refractivity contribution in [3.8, 4) is 0 Å². The van der Waals surface area contributed by atoms with Gasteiger partial charge in [-0.05, 0) is 19.8 Å². The van der Waals surface area contributed by atoms with Gasteiger partial charge in [-0.15, -0.1) is 10.2 Å². The Kier molecular flexibility index (Phi) is 3.58. The lowest BCUT2D eigenvalue weighted by molar-refractivity contribution is 0.620. The molecule has 3 heterocycles. The Morgan fingerprint density at radius 3 is 2.95 bits per heavy atom. The monoisotopic (exact) mass is 271 g/mol. The molecule has 3 rings (SSSR count). The highest BCUT2D eigenvalue weighted by molar-refractivity contribution is 5.61. The van der Waals surface area contributed by atoms with Crippen molar-refractivity contribution in [1.82, 2.24) is 29.1 Å². The Hall–Kier alpha value is -2.44. The van der Waals surface area contributed by atoms with Crippen LogP contribution >= 0.6 is 0 Å². The van der Waals surface area contributed by atoms with E-state index in [9.17, 15) is 0 Å². The first-order valence-corrected chi connectivity index (χ1v) is 6.70. The first-order chi connectivity index (χ1) is 9.84. The van der Waals surface area contributed by atoms with Crippen LogP contribution in [0.2, 0.25) is 0 Å². The van der Waals surface area contributed by atoms with Gasteiger partial charge in [-0.2, -0.15) is 0 Å². The number of anilines is 1. The van der Waals surface area contributed by atoms with Gasteiger partial charge in [0.2, 0.25) is 5.65 Å². The Balaban J connectivity index is 1.52. The van der Waals surface area contributed by atoms with Gasteiger partial charge >= 0.3 is 0 Å². The molecule has 20 heavy (non-hydrogen) atoms. The van der Waals surface area contributed by atoms with E-state index >= 15 is 0 Å². The summed E-state index contributed by atoms with van der Waals surface area (Å²) in [5.74, 6) is 1.65. The third kappa shape index (κ3) is 2.61. The molecule has 0 atom stereocenters. The molecule has 0 amide bonds. The number of nitrogens with zero attached hydrogens (tertiary/aromatic N) is 6. The summed E-state index contributed by atoms with van der Waals surface area (Å²) >= 11 is 0. The molecule has 0 aliphatic heterocycles. The quantitative estimate of drug-likeness (QED) is 0.688. The number of nitrogens with one attached hydrogen (secondary N) is 1. The van der Waals surface area contributed by atoms with E-state index in [0.717, 1.165) is 43.2 Å². The molecule has 0 aromatic carbocycles. The molecular formula is C13H17N7. The molecule has 0 unspecified atom stereocenters. The zero-order valence-corrected chi connectivity index (χ0v) is 11.4. The zero-order chi connectivity index (χ0) is 13.8. The summed E-state index contributed by atoms with van der Waals surface area (Å²) in [6, 6.07) is 0. The van der Waals surface area contributed by atoms with Crippen LogP contribution in [-0.2, 0) is 6.54 Å². The molecule has 7 heteroatoms. The molecule has 0 radical (unpaired) electrons. The summed E-state index contributed by atoms with van der Waals surface area (Å²) in [4.78, 5) is 8.34. The third-order valence-electron chi connectivity index (χ3n) is 3.19. The summed E-state index contributed by atoms with van der Waals surface area (Å²) < 4.78 is 4.02. The molecule has 3 aromatic heterocycles. The number of aryl methyl sites for hydroxylation is 2. The van der Waals surface area contributed by atoms with Crippen molar-refractivity contribution < 1.29 is 0 Å². The minimum absolute atomic E-state index is 0.777. The summed E-state index contributed by atoms with van der Waals surface area (Å²) in [5, 5.41) is 11.5. The Bertz CT molecular complexity index is 671. The second-order valence-electron chi connectivity index (χ2n) is 4.65. The SMILES string of the molecule is Cc1nnc2c(NCCCCn3ccnc3)nccn12. The molecule has 0 saturated heterocycles. The van der Waals surface area contributed by atoms with Gasteiger partial charge in [0, 0.05) is 37.9 Å². The lowest BCUT2D eigenvalue weighted by atomic mass is 10.3. The van der Waals surface area contributed by atoms with Gasteiger partial charge in [0.25, 0.3) is 0 Å². The van der Waals surface area contributed by atoms with Crippen LogP contribution in [0.3, 0.4) is 0 Å². The molecule has 0 aliphatic rings. The van der Waals surface area contributed by atoms with Crippen LogP contribution in [0.4, 0.5) is 5.82 Å². The normalized spacial score (nSPS) is 11.1. The van der Waals surface area contributed by atoms with Gasteiger partial charge in [-0.3, -0.25) is 4.40 Å². The van der Waals surface area contributed by atoms with Crippen LogP contribution in [0, 0.1) is 6.92 Å². The Morgan fingerprint density at radius 1 is 1.15 bits per heavy atom. The van der Waals surface area contributed by atoms with E-state index < -0.39 is 0 Å². The number of imidazole rings is 1. The van der Waals surface area contributed by atoms with E-state index in [-0.39, 0.29) is 0 Å². The number of hydrogen-bond donors (Lipinski definition) is 1. The van der Waals surface area contributed by atoms with E-state index in [1.54, 1.807) is 12.4 Å². The molecule has 104 valence electrons. The lowest BCUT2D eigenvalue weighted by Crippen LogP contribution is -2.06. The van der Waals surface area contributed by atoms with Gasteiger partial charge in [-0.25, -0.2) is 9.97 Å². The predicted octanol–water partition coefficient (Wildman–Crippen LogP) is 1.52. The van der Waals surface area contributed by atoms with Crippen molar-refractivity contribution in [2.24, 2.45) is 0 Å². The second-order valence-corrected chi connectivity index (χ2v) is 4.65. The van der Waals surface area contributed by atoms with Crippen molar-refractivity contribution in [3.05, 3.63) is 36.9 Å². The van der Waals surface area contributed by atoms with Crippen LogP contribution in [0.25, 0.3) is 5.65 Å². The Labute approximate surface area is 116 Å². The molecule has 0 spiro atoms. The standard InChI is InChI=1S/C13H17N7/c1-11-17-18-13-12(16-6-9-20(11)13)15-4-2-3-7-19-8-5-14-10-19/h5-6,8-10H,2-4,7H2,1H3,(H,15,16). The van der Waals surface area contributed by atoms with E-state index in [1.165, 1.54) is 0 Å². The molecular weight excluding hydrogens is 254 g/mol. The third-order valence-corrected chi connectivity index (χ3v) is 3.19. The summed E-state index contributed by atoms with van der Waals surface area (Å²) in [6.07, 6.45) is 11.4. The van der Waals surface area contributed by atoms with Gasteiger partial charge in [0.05, 0.1) is 6.33 Å². The van der Waals surface area contributed by atoms with Crippen LogP contribution in [-0.4, -0.2) is 35.7 Å². The molecule has 1 N–H and O–H groups in total. The number of hydrogen-bond acceptors (Lipinski definition) is 5. The van der Waals surface area contributed by atoms with E-state index in [2.05, 4.69) is 30.0 Å². The maximum atomic E-state index is 4.32. The molecule has 0 aliphatic carbocycles. The van der Waals surface area contributed by atoms with E-state index in [0.29, 0.717) is 0 Å². The number of fused-ring (bicyclic) bond motifs is 1. The van der Waals surface area contributed by atoms with Crippen LogP contribution in [0.15, 0.2) is 31.1 Å². The molecule has 0 saturated carbocycles. The van der Waals surface area contributed by atoms with Crippen molar-refractivity contribution in [2.45, 2.75) is 26.3 Å². The minimum atomic E-state index is 0.777. The highest BCUT2D eigenvalue weighted by Crippen LogP contribution is 2.11. The van der Waals surface area contributed by atoms with Crippen molar-refractivity contribution >= 4 is 11.5 Å². The summed E-state index contributed by atoms with van der Waals surface area (Å²) in [6.45, 7) is 3.78. The first-order valence-electron chi connectivity index (χ1n) is 6.70. The fourth-order valence-corrected chi connectivity index (χ4v) is 2.11. The lowest BCUT2D eigenvalue weighted by Gasteiger charge is -2.06. The molecule has 0 fully saturated rings. The van der Waals surface area contributed by atoms with E-state index in [1.807, 2.05) is 30.0 Å². The number of rotatable bonds is 6. The van der Waals surface area contributed by atoms with Gasteiger partial charge in [-0.1, -0.05) is 0 Å². The zero-order valence-electron chi connectivity index (χ0n) is 11.4. The maximum Gasteiger partial charge on any atom is 0.203 e. The molecule has 7 nitrogen and oxygen atoms in total. The average Bonchev–Trinajstić information content (AvgIpc) is 3.09. The average molecular weight is 271 g/mol. The number of unbranched alkanes of at least 4 members (excludes halogenated alkanes) is 1. The molecule has 0 bridgehead atoms. The van der Waals surface area contributed by atoms with Gasteiger partial charge in [0.15, 0.2) is 5.82 Å². The van der Waals surface area contributed by atoms with Crippen LogP contribution < -0.4 is 5.32 Å². The largest absolute Gasteiger partial charge is 0.367 e. The van der Waals surface area contributed by atoms with Gasteiger partial charge in [0.1, 0.15) is 5.82 Å². The predicted molar refractivity (Wildman–Crippen MR) is 75.5 cm³/mol. The highest BCUT2D eigenvalue weighted by atomic mass is 15.3. The first kappa shape index (κ1) is 12.6. The number of aromatic nitrogens is 6. The van der Waals surface area contributed by atoms with Crippen molar-refractivity contribution in [3.63, 3.8) is 0 Å². The van der Waals surface area contributed by atoms with Crippen LogP contribution in [0.5, 0.6) is 0 Å². The van der Waals surface area contributed by atoms with Gasteiger partial charge < -0.3 is 9.88 Å². The fraction of sp³-hybridized carbons (Fsp3) is 0.385. The summed E-state index contributed by atoms with van der Waals surface area (Å²) in [5.41, 5.74) is 0.777. The van der Waals surface area contributed by atoms with Crippen molar-refractivity contribution in [2.75, 3.05) is 11.9 Å². The minimum Gasteiger partial charge on any atom is -0.367 e. The van der Waals surface area contributed by atoms with Crippen LogP contribution in [0.1, 0.15) is 18.7 Å². The second kappa shape index (κ2) is 5.68. The molecule has 3 aromatic rings. The van der Waals surface area contributed by atoms with E-state index in [4.69, 9.17) is 0 Å². The smallest absolute Gasteiger partial charge is 0.203 e. The fourth-order valence-electron chi connectivity index (χ4n) is 2.11. The summed E-state index contributed by atoms with van der Waals surface area (Å²) in [7, 11) is 0. The maximum absolute atomic E-state index is 4.32.